The van der Waals surface area contributed by atoms with Crippen molar-refractivity contribution in [1.82, 2.24) is 9.55 Å². The minimum Gasteiger partial charge on any atom is -0.396 e. The molecule has 1 aliphatic rings. The number of aliphatic hydroxyl groups excluding tert-OH is 1. The Labute approximate surface area is 123 Å². The molecule has 0 saturated heterocycles. The van der Waals surface area contributed by atoms with Crippen LogP contribution in [0.25, 0.3) is 0 Å². The molecule has 1 aromatic heterocycles. The molecule has 0 unspecified atom stereocenters. The normalized spacial score (nSPS) is 20.3. The lowest BCUT2D eigenvalue weighted by Crippen LogP contribution is -2.35. The molecular weight excluding hydrogens is 268 g/mol. The average molecular weight is 288 g/mol. The van der Waals surface area contributed by atoms with Gasteiger partial charge in [-0.25, -0.2) is 4.79 Å². The number of nitrogens with zero attached hydrogens (tertiary/aromatic N) is 1. The molecule has 0 spiro atoms. The first-order valence-electron chi connectivity index (χ1n) is 7.29. The lowest BCUT2D eigenvalue weighted by Gasteiger charge is -2.19. The van der Waals surface area contributed by atoms with E-state index < -0.39 is 11.2 Å². The summed E-state index contributed by atoms with van der Waals surface area (Å²) in [5, 5.41) is 9.36. The van der Waals surface area contributed by atoms with Crippen LogP contribution in [0.5, 0.6) is 0 Å². The molecule has 2 N–H and O–H groups in total. The van der Waals surface area contributed by atoms with E-state index in [1.807, 2.05) is 12.2 Å². The molecule has 5 heteroatoms. The molecule has 112 valence electrons. The Kier molecular flexibility index (Phi) is 5.18. The fraction of sp³-hybridized carbons (Fsp3) is 0.500. The van der Waals surface area contributed by atoms with Gasteiger partial charge in [0, 0.05) is 25.1 Å². The minimum atomic E-state index is -0.464. The summed E-state index contributed by atoms with van der Waals surface area (Å²) in [6, 6.07) is -0.226. The summed E-state index contributed by atoms with van der Waals surface area (Å²) in [7, 11) is 0. The molecule has 0 aliphatic heterocycles. The standard InChI is InChI=1S/C16H20N2O3/c1-2-3-4-5-7-12-10-18(16(21)17-15(12)20)14-9-6-8-13(14)11-19/h6,9-10,13-14,19H,2-4,8,11H2,1H3,(H,17,20,21)/t13-,14-/m0/s1. The second-order valence-corrected chi connectivity index (χ2v) is 5.21. The van der Waals surface area contributed by atoms with Gasteiger partial charge in [0.05, 0.1) is 6.04 Å². The summed E-state index contributed by atoms with van der Waals surface area (Å²) in [5.41, 5.74) is -0.625. The van der Waals surface area contributed by atoms with Crippen LogP contribution in [0.15, 0.2) is 27.9 Å². The zero-order valence-corrected chi connectivity index (χ0v) is 12.1. The first-order chi connectivity index (χ1) is 10.2. The molecule has 0 amide bonds. The summed E-state index contributed by atoms with van der Waals surface area (Å²) in [6.07, 6.45) is 8.83. The van der Waals surface area contributed by atoms with Crippen molar-refractivity contribution < 1.29 is 5.11 Å². The summed E-state index contributed by atoms with van der Waals surface area (Å²) in [5.74, 6) is 5.75. The van der Waals surface area contributed by atoms with E-state index in [2.05, 4.69) is 23.7 Å². The van der Waals surface area contributed by atoms with E-state index >= 15 is 0 Å². The Hall–Kier alpha value is -2.06. The van der Waals surface area contributed by atoms with Crippen molar-refractivity contribution in [2.45, 2.75) is 38.6 Å². The van der Waals surface area contributed by atoms with Gasteiger partial charge in [-0.05, 0) is 12.8 Å². The van der Waals surface area contributed by atoms with E-state index in [4.69, 9.17) is 0 Å². The second-order valence-electron chi connectivity index (χ2n) is 5.21. The molecule has 21 heavy (non-hydrogen) atoms. The molecule has 0 aromatic carbocycles. The van der Waals surface area contributed by atoms with Crippen molar-refractivity contribution in [3.8, 4) is 11.8 Å². The van der Waals surface area contributed by atoms with Crippen molar-refractivity contribution in [3.05, 3.63) is 44.8 Å². The van der Waals surface area contributed by atoms with Gasteiger partial charge in [0.1, 0.15) is 5.56 Å². The van der Waals surface area contributed by atoms with Gasteiger partial charge in [-0.1, -0.05) is 37.3 Å². The number of hydrogen-bond acceptors (Lipinski definition) is 3. The molecule has 1 aliphatic carbocycles. The SMILES string of the molecule is CCCCC#Cc1cn([C@H]2C=CC[C@H]2CO)c(=O)[nH]c1=O. The topological polar surface area (TPSA) is 75.1 Å². The Morgan fingerprint density at radius 1 is 1.48 bits per heavy atom. The van der Waals surface area contributed by atoms with Crippen LogP contribution in [0.4, 0.5) is 0 Å². The summed E-state index contributed by atoms with van der Waals surface area (Å²) in [4.78, 5) is 26.0. The molecule has 1 aromatic rings. The number of H-pyrrole nitrogens is 1. The Balaban J connectivity index is 2.34. The summed E-state index contributed by atoms with van der Waals surface area (Å²) >= 11 is 0. The second kappa shape index (κ2) is 7.09. The minimum absolute atomic E-state index is 0.000739. The third-order valence-corrected chi connectivity index (χ3v) is 3.66. The molecule has 0 radical (unpaired) electrons. The molecule has 2 atom stereocenters. The van der Waals surface area contributed by atoms with Crippen LogP contribution >= 0.6 is 0 Å². The number of aromatic amines is 1. The van der Waals surface area contributed by atoms with Gasteiger partial charge < -0.3 is 5.11 Å². The van der Waals surface area contributed by atoms with Crippen molar-refractivity contribution >= 4 is 0 Å². The smallest absolute Gasteiger partial charge is 0.328 e. The van der Waals surface area contributed by atoms with E-state index in [1.165, 1.54) is 10.8 Å². The maximum atomic E-state index is 12.0. The van der Waals surface area contributed by atoms with Gasteiger partial charge in [-0.2, -0.15) is 0 Å². The quantitative estimate of drug-likeness (QED) is 0.496. The maximum Gasteiger partial charge on any atom is 0.328 e. The third kappa shape index (κ3) is 3.53. The highest BCUT2D eigenvalue weighted by molar-refractivity contribution is 5.30. The molecule has 0 saturated carbocycles. The Morgan fingerprint density at radius 3 is 3.00 bits per heavy atom. The van der Waals surface area contributed by atoms with Crippen LogP contribution in [0.3, 0.4) is 0 Å². The van der Waals surface area contributed by atoms with Crippen LogP contribution < -0.4 is 11.2 Å². The number of rotatable bonds is 4. The highest BCUT2D eigenvalue weighted by atomic mass is 16.3. The van der Waals surface area contributed by atoms with Crippen molar-refractivity contribution in [2.24, 2.45) is 5.92 Å². The van der Waals surface area contributed by atoms with E-state index in [9.17, 15) is 14.7 Å². The molecule has 5 nitrogen and oxygen atoms in total. The number of unbranched alkanes of at least 4 members (excludes halogenated alkanes) is 2. The van der Waals surface area contributed by atoms with Crippen LogP contribution in [0.2, 0.25) is 0 Å². The number of aliphatic hydroxyl groups is 1. The van der Waals surface area contributed by atoms with Crippen molar-refractivity contribution in [3.63, 3.8) is 0 Å². The van der Waals surface area contributed by atoms with Gasteiger partial charge in [0.2, 0.25) is 0 Å². The highest BCUT2D eigenvalue weighted by Crippen LogP contribution is 2.27. The number of aromatic nitrogens is 2. The van der Waals surface area contributed by atoms with Gasteiger partial charge in [-0.15, -0.1) is 0 Å². The van der Waals surface area contributed by atoms with Gasteiger partial charge in [0.15, 0.2) is 0 Å². The average Bonchev–Trinajstić information content (AvgIpc) is 2.93. The zero-order chi connectivity index (χ0) is 15.2. The monoisotopic (exact) mass is 288 g/mol. The predicted molar refractivity (Wildman–Crippen MR) is 81.1 cm³/mol. The molecule has 2 rings (SSSR count). The first-order valence-corrected chi connectivity index (χ1v) is 7.29. The molecular formula is C16H20N2O3. The zero-order valence-electron chi connectivity index (χ0n) is 12.1. The first kappa shape index (κ1) is 15.3. The van der Waals surface area contributed by atoms with Crippen molar-refractivity contribution in [1.29, 1.82) is 0 Å². The lowest BCUT2D eigenvalue weighted by atomic mass is 10.0. The van der Waals surface area contributed by atoms with Crippen LogP contribution in [0, 0.1) is 17.8 Å². The number of nitrogens with one attached hydrogen (secondary N) is 1. The number of allylic oxidation sites excluding steroid dienone is 2. The summed E-state index contributed by atoms with van der Waals surface area (Å²) in [6.45, 7) is 2.08. The third-order valence-electron chi connectivity index (χ3n) is 3.66. The Bertz CT molecular complexity index is 688. The van der Waals surface area contributed by atoms with Crippen LogP contribution in [-0.4, -0.2) is 21.3 Å². The fourth-order valence-corrected chi connectivity index (χ4v) is 2.41. The maximum absolute atomic E-state index is 12.0. The molecule has 0 fully saturated rings. The van der Waals surface area contributed by atoms with E-state index in [0.29, 0.717) is 5.56 Å². The fourth-order valence-electron chi connectivity index (χ4n) is 2.41. The Morgan fingerprint density at radius 2 is 2.29 bits per heavy atom. The van der Waals surface area contributed by atoms with Gasteiger partial charge in [0.25, 0.3) is 5.56 Å². The van der Waals surface area contributed by atoms with E-state index in [1.54, 1.807) is 0 Å². The van der Waals surface area contributed by atoms with E-state index in [0.717, 1.165) is 25.7 Å². The molecule has 0 bridgehead atoms. The van der Waals surface area contributed by atoms with Crippen LogP contribution in [-0.2, 0) is 0 Å². The number of hydrogen-bond donors (Lipinski definition) is 2. The van der Waals surface area contributed by atoms with Gasteiger partial charge >= 0.3 is 5.69 Å². The van der Waals surface area contributed by atoms with Gasteiger partial charge in [-0.3, -0.25) is 14.3 Å². The largest absolute Gasteiger partial charge is 0.396 e. The van der Waals surface area contributed by atoms with Crippen LogP contribution in [0.1, 0.15) is 44.2 Å². The highest BCUT2D eigenvalue weighted by Gasteiger charge is 2.24. The lowest BCUT2D eigenvalue weighted by molar-refractivity contribution is 0.202. The van der Waals surface area contributed by atoms with E-state index in [-0.39, 0.29) is 18.6 Å². The summed E-state index contributed by atoms with van der Waals surface area (Å²) < 4.78 is 1.45. The molecule has 1 heterocycles. The predicted octanol–water partition coefficient (Wildman–Crippen LogP) is 1.19. The van der Waals surface area contributed by atoms with Crippen molar-refractivity contribution in [2.75, 3.05) is 6.61 Å².